The second-order valence-electron chi connectivity index (χ2n) is 6.66. The van der Waals surface area contributed by atoms with Gasteiger partial charge in [-0.3, -0.25) is 0 Å². The smallest absolute Gasteiger partial charge is 0.337 e. The Morgan fingerprint density at radius 1 is 1.12 bits per heavy atom. The van der Waals surface area contributed by atoms with Crippen LogP contribution >= 0.6 is 0 Å². The zero-order valence-corrected chi connectivity index (χ0v) is 15.6. The van der Waals surface area contributed by atoms with Gasteiger partial charge in [0.05, 0.1) is 19.8 Å². The highest BCUT2D eigenvalue weighted by Gasteiger charge is 2.51. The van der Waals surface area contributed by atoms with Crippen molar-refractivity contribution in [2.24, 2.45) is 0 Å². The minimum Gasteiger partial charge on any atom is -0.497 e. The summed E-state index contributed by atoms with van der Waals surface area (Å²) in [5.74, 6) is 0.440. The van der Waals surface area contributed by atoms with Crippen LogP contribution in [0, 0.1) is 0 Å². The number of benzene rings is 2. The largest absolute Gasteiger partial charge is 0.497 e. The van der Waals surface area contributed by atoms with E-state index in [1.807, 2.05) is 68.4 Å². The van der Waals surface area contributed by atoms with E-state index in [4.69, 9.17) is 14.2 Å². The summed E-state index contributed by atoms with van der Waals surface area (Å²) < 4.78 is 16.7. The van der Waals surface area contributed by atoms with Crippen LogP contribution in [0.3, 0.4) is 0 Å². The molecule has 2 aromatic rings. The molecule has 2 unspecified atom stereocenters. The van der Waals surface area contributed by atoms with Crippen LogP contribution in [0.1, 0.15) is 32.4 Å². The van der Waals surface area contributed by atoms with Gasteiger partial charge in [0.2, 0.25) is 0 Å². The van der Waals surface area contributed by atoms with E-state index in [2.05, 4.69) is 4.90 Å². The molecule has 26 heavy (non-hydrogen) atoms. The lowest BCUT2D eigenvalue weighted by atomic mass is 9.99. The maximum Gasteiger partial charge on any atom is 0.337 e. The Bertz CT molecular complexity index is 742. The van der Waals surface area contributed by atoms with E-state index in [0.717, 1.165) is 17.0 Å². The summed E-state index contributed by atoms with van der Waals surface area (Å²) in [6.45, 7) is 6.05. The molecule has 1 aliphatic heterocycles. The van der Waals surface area contributed by atoms with E-state index in [1.165, 1.54) is 0 Å². The Kier molecular flexibility index (Phi) is 5.18. The lowest BCUT2D eigenvalue weighted by molar-refractivity contribution is -0.159. The van der Waals surface area contributed by atoms with Crippen molar-refractivity contribution in [3.05, 3.63) is 60.2 Å². The molecule has 0 bridgehead atoms. The minimum absolute atomic E-state index is 0.279. The van der Waals surface area contributed by atoms with Crippen molar-refractivity contribution in [1.82, 2.24) is 0 Å². The van der Waals surface area contributed by atoms with Crippen molar-refractivity contribution in [1.29, 1.82) is 0 Å². The highest BCUT2D eigenvalue weighted by Crippen LogP contribution is 2.45. The molecule has 1 saturated heterocycles. The van der Waals surface area contributed by atoms with Crippen LogP contribution in [-0.2, 0) is 14.3 Å². The topological polar surface area (TPSA) is 48.0 Å². The number of ether oxygens (including phenoxy) is 3. The molecule has 0 aliphatic carbocycles. The van der Waals surface area contributed by atoms with Gasteiger partial charge in [-0.15, -0.1) is 0 Å². The predicted molar refractivity (Wildman–Crippen MR) is 100 cm³/mol. The molecule has 3 rings (SSSR count). The molecular formula is C21H25NO4. The number of esters is 1. The fourth-order valence-electron chi connectivity index (χ4n) is 3.49. The Hall–Kier alpha value is -2.53. The standard InChI is InChI=1S/C21H25NO4/c1-5-25-20(23)19-18(15-9-7-6-8-10-15)22(21(2,3)26-19)16-11-13-17(24-4)14-12-16/h6-14,18-19H,5H2,1-4H3. The number of carbonyl (C=O) groups is 1. The average Bonchev–Trinajstić information content (AvgIpc) is 2.94. The summed E-state index contributed by atoms with van der Waals surface area (Å²) in [4.78, 5) is 14.7. The first-order valence-electron chi connectivity index (χ1n) is 8.80. The second-order valence-corrected chi connectivity index (χ2v) is 6.66. The van der Waals surface area contributed by atoms with Crippen molar-refractivity contribution in [3.8, 4) is 5.75 Å². The van der Waals surface area contributed by atoms with Gasteiger partial charge in [0.1, 0.15) is 11.5 Å². The van der Waals surface area contributed by atoms with Crippen molar-refractivity contribution in [2.45, 2.75) is 38.6 Å². The molecule has 0 saturated carbocycles. The fourth-order valence-corrected chi connectivity index (χ4v) is 3.49. The van der Waals surface area contributed by atoms with Crippen LogP contribution in [0.15, 0.2) is 54.6 Å². The van der Waals surface area contributed by atoms with Gasteiger partial charge in [0, 0.05) is 5.69 Å². The van der Waals surface area contributed by atoms with E-state index in [9.17, 15) is 4.79 Å². The summed E-state index contributed by atoms with van der Waals surface area (Å²) in [6.07, 6.45) is -0.700. The highest BCUT2D eigenvalue weighted by atomic mass is 16.6. The number of anilines is 1. The van der Waals surface area contributed by atoms with Crippen molar-refractivity contribution in [3.63, 3.8) is 0 Å². The van der Waals surface area contributed by atoms with Crippen LogP contribution in [0.25, 0.3) is 0 Å². The lowest BCUT2D eigenvalue weighted by Gasteiger charge is -2.36. The average molecular weight is 355 g/mol. The maximum absolute atomic E-state index is 12.6. The molecule has 0 radical (unpaired) electrons. The molecule has 2 aromatic carbocycles. The normalized spacial score (nSPS) is 21.5. The Labute approximate surface area is 154 Å². The molecule has 1 aliphatic rings. The third-order valence-electron chi connectivity index (χ3n) is 4.57. The van der Waals surface area contributed by atoms with Gasteiger partial charge >= 0.3 is 5.97 Å². The molecule has 5 nitrogen and oxygen atoms in total. The van der Waals surface area contributed by atoms with E-state index < -0.39 is 11.8 Å². The fraction of sp³-hybridized carbons (Fsp3) is 0.381. The SMILES string of the molecule is CCOC(=O)C1OC(C)(C)N(c2ccc(OC)cc2)C1c1ccccc1. The summed E-state index contributed by atoms with van der Waals surface area (Å²) in [5, 5.41) is 0. The third kappa shape index (κ3) is 3.40. The van der Waals surface area contributed by atoms with E-state index >= 15 is 0 Å². The predicted octanol–water partition coefficient (Wildman–Crippen LogP) is 3.94. The van der Waals surface area contributed by atoms with E-state index in [0.29, 0.717) is 6.61 Å². The first kappa shape index (κ1) is 18.3. The monoisotopic (exact) mass is 355 g/mol. The molecule has 0 aromatic heterocycles. The number of hydrogen-bond donors (Lipinski definition) is 0. The quantitative estimate of drug-likeness (QED) is 0.760. The van der Waals surface area contributed by atoms with Gasteiger partial charge in [-0.2, -0.15) is 0 Å². The van der Waals surface area contributed by atoms with Gasteiger partial charge in [0.15, 0.2) is 6.10 Å². The minimum atomic E-state index is -0.700. The number of hydrogen-bond acceptors (Lipinski definition) is 5. The number of carbonyl (C=O) groups excluding carboxylic acids is 1. The van der Waals surface area contributed by atoms with Crippen molar-refractivity contribution >= 4 is 11.7 Å². The van der Waals surface area contributed by atoms with Crippen LogP contribution in [-0.4, -0.2) is 31.5 Å². The number of methoxy groups -OCH3 is 1. The molecule has 138 valence electrons. The van der Waals surface area contributed by atoms with Crippen LogP contribution in [0.2, 0.25) is 0 Å². The van der Waals surface area contributed by atoms with Crippen LogP contribution in [0.4, 0.5) is 5.69 Å². The maximum atomic E-state index is 12.6. The van der Waals surface area contributed by atoms with Crippen LogP contribution in [0.5, 0.6) is 5.75 Å². The highest BCUT2D eigenvalue weighted by molar-refractivity contribution is 5.78. The summed E-state index contributed by atoms with van der Waals surface area (Å²) in [7, 11) is 1.64. The molecule has 0 N–H and O–H groups in total. The first-order chi connectivity index (χ1) is 12.5. The molecule has 0 amide bonds. The van der Waals surface area contributed by atoms with Crippen molar-refractivity contribution in [2.75, 3.05) is 18.6 Å². The number of nitrogens with zero attached hydrogens (tertiary/aromatic N) is 1. The summed E-state index contributed by atoms with van der Waals surface area (Å²) in [6, 6.07) is 17.4. The molecule has 1 fully saturated rings. The number of rotatable bonds is 5. The van der Waals surface area contributed by atoms with Gasteiger partial charge in [-0.05, 0) is 50.6 Å². The van der Waals surface area contributed by atoms with Gasteiger partial charge in [0.25, 0.3) is 0 Å². The zero-order chi connectivity index (χ0) is 18.7. The van der Waals surface area contributed by atoms with E-state index in [-0.39, 0.29) is 12.0 Å². The molecule has 5 heteroatoms. The first-order valence-corrected chi connectivity index (χ1v) is 8.80. The van der Waals surface area contributed by atoms with Gasteiger partial charge in [-0.25, -0.2) is 4.79 Å². The van der Waals surface area contributed by atoms with Gasteiger partial charge in [-0.1, -0.05) is 30.3 Å². The Morgan fingerprint density at radius 3 is 2.35 bits per heavy atom. The van der Waals surface area contributed by atoms with Crippen LogP contribution < -0.4 is 9.64 Å². The van der Waals surface area contributed by atoms with E-state index in [1.54, 1.807) is 14.0 Å². The molecular weight excluding hydrogens is 330 g/mol. The summed E-state index contributed by atoms with van der Waals surface area (Å²) in [5.41, 5.74) is 1.29. The molecule has 0 spiro atoms. The van der Waals surface area contributed by atoms with Gasteiger partial charge < -0.3 is 19.1 Å². The summed E-state index contributed by atoms with van der Waals surface area (Å²) >= 11 is 0. The Morgan fingerprint density at radius 2 is 1.77 bits per heavy atom. The lowest BCUT2D eigenvalue weighted by Crippen LogP contribution is -2.40. The third-order valence-corrected chi connectivity index (χ3v) is 4.57. The second kappa shape index (κ2) is 7.38. The molecule has 1 heterocycles. The Balaban J connectivity index is 2.06. The zero-order valence-electron chi connectivity index (χ0n) is 15.6. The van der Waals surface area contributed by atoms with Crippen molar-refractivity contribution < 1.29 is 19.0 Å². The molecule has 2 atom stereocenters.